The molecule has 0 fully saturated rings. The number of hydrogen-bond donors (Lipinski definition) is 2. The van der Waals surface area contributed by atoms with Crippen LogP contribution in [0.4, 0.5) is 0 Å². The van der Waals surface area contributed by atoms with E-state index < -0.39 is 0 Å². The standard InChI is InChI=1S/C8H16N2O/c1-3-5-7(9)6(4-2)8(10)11/h6,9H,3-5H2,1-2H3,(H2,10,11)/t6-/m0/s1. The Morgan fingerprint density at radius 2 is 2.09 bits per heavy atom. The second-order valence-electron chi connectivity index (χ2n) is 2.64. The van der Waals surface area contributed by atoms with Gasteiger partial charge in [0, 0.05) is 5.71 Å². The molecule has 3 heteroatoms. The Kier molecular flexibility index (Phi) is 4.50. The van der Waals surface area contributed by atoms with E-state index in [1.54, 1.807) is 0 Å². The Labute approximate surface area is 67.5 Å². The predicted octanol–water partition coefficient (Wildman–Crippen LogP) is 1.32. The van der Waals surface area contributed by atoms with Gasteiger partial charge < -0.3 is 11.1 Å². The Balaban J connectivity index is 4.03. The number of nitrogens with two attached hydrogens (primary N) is 1. The fraction of sp³-hybridized carbons (Fsp3) is 0.750. The molecular formula is C8H16N2O. The minimum Gasteiger partial charge on any atom is -0.369 e. The molecule has 1 atom stereocenters. The molecule has 0 aliphatic rings. The number of carbonyl (C=O) groups excluding carboxylic acids is 1. The molecule has 0 radical (unpaired) electrons. The van der Waals surface area contributed by atoms with Crippen molar-refractivity contribution in [1.82, 2.24) is 0 Å². The summed E-state index contributed by atoms with van der Waals surface area (Å²) in [4.78, 5) is 10.7. The average molecular weight is 156 g/mol. The van der Waals surface area contributed by atoms with Crippen LogP contribution in [0.1, 0.15) is 33.1 Å². The minimum absolute atomic E-state index is 0.338. The molecule has 0 aromatic heterocycles. The van der Waals surface area contributed by atoms with Gasteiger partial charge in [-0.25, -0.2) is 0 Å². The molecule has 0 aromatic rings. The summed E-state index contributed by atoms with van der Waals surface area (Å²) in [6.45, 7) is 3.86. The van der Waals surface area contributed by atoms with Gasteiger partial charge in [0.1, 0.15) is 0 Å². The lowest BCUT2D eigenvalue weighted by atomic mass is 9.96. The molecule has 0 saturated carbocycles. The molecule has 0 heterocycles. The largest absolute Gasteiger partial charge is 0.369 e. The van der Waals surface area contributed by atoms with Crippen LogP contribution in [0.25, 0.3) is 0 Å². The SMILES string of the molecule is CCCC(=N)[C@H](CC)C(N)=O. The van der Waals surface area contributed by atoms with E-state index in [1.807, 2.05) is 13.8 Å². The summed E-state index contributed by atoms with van der Waals surface area (Å²) in [7, 11) is 0. The van der Waals surface area contributed by atoms with Crippen molar-refractivity contribution in [2.24, 2.45) is 11.7 Å². The Bertz CT molecular complexity index is 154. The Morgan fingerprint density at radius 1 is 1.55 bits per heavy atom. The molecule has 3 N–H and O–H groups in total. The first-order chi connectivity index (χ1) is 5.13. The summed E-state index contributed by atoms with van der Waals surface area (Å²) in [6.07, 6.45) is 2.23. The van der Waals surface area contributed by atoms with Crippen molar-refractivity contribution in [2.75, 3.05) is 0 Å². The summed E-state index contributed by atoms with van der Waals surface area (Å²) in [5, 5.41) is 7.48. The highest BCUT2D eigenvalue weighted by Crippen LogP contribution is 2.07. The highest BCUT2D eigenvalue weighted by molar-refractivity contribution is 6.01. The van der Waals surface area contributed by atoms with Gasteiger partial charge in [-0.05, 0) is 12.8 Å². The number of carbonyl (C=O) groups is 1. The lowest BCUT2D eigenvalue weighted by Crippen LogP contribution is -2.29. The zero-order chi connectivity index (χ0) is 8.85. The van der Waals surface area contributed by atoms with Crippen LogP contribution in [0.2, 0.25) is 0 Å². The fourth-order valence-corrected chi connectivity index (χ4v) is 1.06. The van der Waals surface area contributed by atoms with Crippen LogP contribution in [-0.4, -0.2) is 11.6 Å². The van der Waals surface area contributed by atoms with E-state index in [0.717, 1.165) is 6.42 Å². The molecule has 11 heavy (non-hydrogen) atoms. The van der Waals surface area contributed by atoms with Crippen molar-refractivity contribution in [3.63, 3.8) is 0 Å². The number of primary amides is 1. The van der Waals surface area contributed by atoms with Crippen LogP contribution >= 0.6 is 0 Å². The first-order valence-corrected chi connectivity index (χ1v) is 4.00. The van der Waals surface area contributed by atoms with Gasteiger partial charge in [0.05, 0.1) is 5.92 Å². The maximum absolute atomic E-state index is 10.7. The summed E-state index contributed by atoms with van der Waals surface area (Å²) < 4.78 is 0. The van der Waals surface area contributed by atoms with E-state index in [4.69, 9.17) is 11.1 Å². The van der Waals surface area contributed by atoms with Gasteiger partial charge in [0.15, 0.2) is 0 Å². The fourth-order valence-electron chi connectivity index (χ4n) is 1.06. The van der Waals surface area contributed by atoms with Gasteiger partial charge in [-0.3, -0.25) is 4.79 Å². The van der Waals surface area contributed by atoms with E-state index in [9.17, 15) is 4.79 Å². The monoisotopic (exact) mass is 156 g/mol. The quantitative estimate of drug-likeness (QED) is 0.579. The summed E-state index contributed by atoms with van der Waals surface area (Å²) in [6, 6.07) is 0. The van der Waals surface area contributed by atoms with Crippen LogP contribution in [0, 0.1) is 11.3 Å². The smallest absolute Gasteiger partial charge is 0.226 e. The van der Waals surface area contributed by atoms with Crippen molar-refractivity contribution in [2.45, 2.75) is 33.1 Å². The van der Waals surface area contributed by atoms with Crippen molar-refractivity contribution >= 4 is 11.6 Å². The van der Waals surface area contributed by atoms with Crippen molar-refractivity contribution in [3.8, 4) is 0 Å². The van der Waals surface area contributed by atoms with Gasteiger partial charge in [0.25, 0.3) is 0 Å². The normalized spacial score (nSPS) is 12.5. The van der Waals surface area contributed by atoms with E-state index in [2.05, 4.69) is 0 Å². The number of rotatable bonds is 5. The second kappa shape index (κ2) is 4.88. The molecule has 0 saturated heterocycles. The van der Waals surface area contributed by atoms with Gasteiger partial charge in [-0.15, -0.1) is 0 Å². The van der Waals surface area contributed by atoms with E-state index in [0.29, 0.717) is 18.6 Å². The molecular weight excluding hydrogens is 140 g/mol. The first kappa shape index (κ1) is 10.1. The molecule has 0 aliphatic carbocycles. The van der Waals surface area contributed by atoms with Crippen molar-refractivity contribution in [3.05, 3.63) is 0 Å². The van der Waals surface area contributed by atoms with Crippen LogP contribution < -0.4 is 5.73 Å². The third-order valence-electron chi connectivity index (χ3n) is 1.69. The number of hydrogen-bond acceptors (Lipinski definition) is 2. The van der Waals surface area contributed by atoms with Gasteiger partial charge >= 0.3 is 0 Å². The van der Waals surface area contributed by atoms with Crippen LogP contribution in [0.3, 0.4) is 0 Å². The average Bonchev–Trinajstić information content (AvgIpc) is 1.88. The minimum atomic E-state index is -0.369. The molecule has 64 valence electrons. The zero-order valence-electron chi connectivity index (χ0n) is 7.18. The second-order valence-corrected chi connectivity index (χ2v) is 2.64. The Hall–Kier alpha value is -0.860. The topological polar surface area (TPSA) is 66.9 Å². The molecule has 0 bridgehead atoms. The van der Waals surface area contributed by atoms with E-state index in [1.165, 1.54) is 0 Å². The van der Waals surface area contributed by atoms with E-state index in [-0.39, 0.29) is 11.8 Å². The molecule has 0 aliphatic heterocycles. The van der Waals surface area contributed by atoms with E-state index >= 15 is 0 Å². The third-order valence-corrected chi connectivity index (χ3v) is 1.69. The Morgan fingerprint density at radius 3 is 2.36 bits per heavy atom. The molecule has 1 amide bonds. The van der Waals surface area contributed by atoms with Crippen LogP contribution in [-0.2, 0) is 4.79 Å². The highest BCUT2D eigenvalue weighted by atomic mass is 16.1. The molecule has 3 nitrogen and oxygen atoms in total. The third kappa shape index (κ3) is 3.16. The van der Waals surface area contributed by atoms with Crippen LogP contribution in [0.5, 0.6) is 0 Å². The predicted molar refractivity (Wildman–Crippen MR) is 45.6 cm³/mol. The van der Waals surface area contributed by atoms with Gasteiger partial charge in [-0.1, -0.05) is 20.3 Å². The number of nitrogens with one attached hydrogen (secondary N) is 1. The van der Waals surface area contributed by atoms with Gasteiger partial charge in [0.2, 0.25) is 5.91 Å². The lowest BCUT2D eigenvalue weighted by molar-refractivity contribution is -0.119. The van der Waals surface area contributed by atoms with Gasteiger partial charge in [-0.2, -0.15) is 0 Å². The number of amides is 1. The summed E-state index contributed by atoms with van der Waals surface area (Å²) >= 11 is 0. The molecule has 0 aromatic carbocycles. The lowest BCUT2D eigenvalue weighted by Gasteiger charge is -2.10. The highest BCUT2D eigenvalue weighted by Gasteiger charge is 2.16. The first-order valence-electron chi connectivity index (χ1n) is 4.00. The van der Waals surface area contributed by atoms with Crippen molar-refractivity contribution < 1.29 is 4.79 Å². The van der Waals surface area contributed by atoms with Crippen LogP contribution in [0.15, 0.2) is 0 Å². The van der Waals surface area contributed by atoms with Crippen molar-refractivity contribution in [1.29, 1.82) is 5.41 Å². The summed E-state index contributed by atoms with van der Waals surface area (Å²) in [5.41, 5.74) is 5.57. The molecule has 0 spiro atoms. The zero-order valence-corrected chi connectivity index (χ0v) is 7.18. The maximum atomic E-state index is 10.7. The molecule has 0 unspecified atom stereocenters. The summed E-state index contributed by atoms with van der Waals surface area (Å²) in [5.74, 6) is -0.708. The molecule has 0 rings (SSSR count). The maximum Gasteiger partial charge on any atom is 0.226 e.